The summed E-state index contributed by atoms with van der Waals surface area (Å²) in [5, 5.41) is 13.4. The van der Waals surface area contributed by atoms with Gasteiger partial charge in [0, 0.05) is 25.7 Å². The molecule has 0 spiro atoms. The molecule has 3 fully saturated rings. The van der Waals surface area contributed by atoms with Crippen molar-refractivity contribution >= 4 is 18.0 Å². The van der Waals surface area contributed by atoms with Crippen molar-refractivity contribution in [2.75, 3.05) is 19.6 Å². The first-order valence-electron chi connectivity index (χ1n) is 9.58. The van der Waals surface area contributed by atoms with Gasteiger partial charge < -0.3 is 20.2 Å². The minimum atomic E-state index is -0.974. The van der Waals surface area contributed by atoms with Crippen LogP contribution in [-0.2, 0) is 16.2 Å². The average Bonchev–Trinajstić information content (AvgIpc) is 3.25. The van der Waals surface area contributed by atoms with E-state index in [4.69, 9.17) is 9.94 Å². The summed E-state index contributed by atoms with van der Waals surface area (Å²) in [5.74, 6) is -0.214. The van der Waals surface area contributed by atoms with Gasteiger partial charge in [-0.05, 0) is 24.8 Å². The number of carbonyl (C=O) groups is 3. The Morgan fingerprint density at radius 2 is 1.93 bits per heavy atom. The molecule has 4 amide bonds. The van der Waals surface area contributed by atoms with E-state index < -0.39 is 12.1 Å². The summed E-state index contributed by atoms with van der Waals surface area (Å²) < 4.78 is 0. The zero-order valence-corrected chi connectivity index (χ0v) is 15.5. The van der Waals surface area contributed by atoms with Gasteiger partial charge in [0.2, 0.25) is 5.91 Å². The highest BCUT2D eigenvalue weighted by atomic mass is 16.7. The van der Waals surface area contributed by atoms with Crippen molar-refractivity contribution < 1.29 is 24.3 Å². The fraction of sp³-hybridized carbons (Fsp3) is 0.526. The van der Waals surface area contributed by atoms with Crippen molar-refractivity contribution in [1.29, 1.82) is 0 Å². The monoisotopic (exact) mass is 388 g/mol. The molecule has 1 aromatic carbocycles. The Morgan fingerprint density at radius 1 is 1.14 bits per heavy atom. The van der Waals surface area contributed by atoms with Crippen molar-refractivity contribution in [1.82, 2.24) is 20.2 Å². The standard InChI is InChI=1S/C19H24N4O5/c24-17(20-14-8-9-21(10-14)19(26)27)16-7-6-15-11-22(16)18(25)23(15)28-12-13-4-2-1-3-5-13/h1-5,14-16H,6-12H2,(H,20,24)(H,26,27)/t14-,15-,16+/m1/s1. The molecule has 0 saturated carbocycles. The zero-order chi connectivity index (χ0) is 19.7. The summed E-state index contributed by atoms with van der Waals surface area (Å²) in [4.78, 5) is 45.1. The molecule has 4 rings (SSSR count). The van der Waals surface area contributed by atoms with E-state index in [1.165, 1.54) is 9.96 Å². The SMILES string of the molecule is O=C(N[C@@H]1CCN(C(=O)O)C1)[C@@H]1CC[C@@H]2CN1C(=O)N2OCc1ccccc1. The third-order valence-electron chi connectivity index (χ3n) is 5.64. The Morgan fingerprint density at radius 3 is 2.64 bits per heavy atom. The van der Waals surface area contributed by atoms with Gasteiger partial charge in [0.15, 0.2) is 0 Å². The van der Waals surface area contributed by atoms with Crippen LogP contribution in [0.5, 0.6) is 0 Å². The molecule has 0 aliphatic carbocycles. The van der Waals surface area contributed by atoms with Crippen LogP contribution < -0.4 is 5.32 Å². The average molecular weight is 388 g/mol. The Hall–Kier alpha value is -2.81. The quantitative estimate of drug-likeness (QED) is 0.791. The molecular formula is C19H24N4O5. The number of hydrogen-bond acceptors (Lipinski definition) is 4. The number of benzene rings is 1. The maximum atomic E-state index is 12.8. The molecule has 0 unspecified atom stereocenters. The smallest absolute Gasteiger partial charge is 0.407 e. The number of likely N-dealkylation sites (tertiary alicyclic amines) is 1. The van der Waals surface area contributed by atoms with Gasteiger partial charge in [0.25, 0.3) is 0 Å². The number of nitrogens with zero attached hydrogens (tertiary/aromatic N) is 3. The van der Waals surface area contributed by atoms with E-state index >= 15 is 0 Å². The molecule has 2 N–H and O–H groups in total. The van der Waals surface area contributed by atoms with Crippen LogP contribution >= 0.6 is 0 Å². The van der Waals surface area contributed by atoms with E-state index in [1.807, 2.05) is 30.3 Å². The lowest BCUT2D eigenvalue weighted by molar-refractivity contribution is -0.140. The largest absolute Gasteiger partial charge is 0.465 e. The minimum absolute atomic E-state index is 0.0470. The molecule has 2 bridgehead atoms. The van der Waals surface area contributed by atoms with E-state index in [-0.39, 0.29) is 30.6 Å². The van der Waals surface area contributed by atoms with E-state index in [0.717, 1.165) is 5.56 Å². The Bertz CT molecular complexity index is 758. The first kappa shape index (κ1) is 18.5. The highest BCUT2D eigenvalue weighted by Crippen LogP contribution is 2.30. The number of nitrogens with one attached hydrogen (secondary N) is 1. The number of amides is 4. The van der Waals surface area contributed by atoms with Gasteiger partial charge in [-0.3, -0.25) is 9.63 Å². The third kappa shape index (κ3) is 3.62. The Labute approximate surface area is 162 Å². The topological polar surface area (TPSA) is 102 Å². The predicted molar refractivity (Wildman–Crippen MR) is 98.1 cm³/mol. The lowest BCUT2D eigenvalue weighted by atomic mass is 10.00. The summed E-state index contributed by atoms with van der Waals surface area (Å²) in [6.45, 7) is 1.48. The van der Waals surface area contributed by atoms with Crippen molar-refractivity contribution in [2.24, 2.45) is 0 Å². The normalized spacial score (nSPS) is 26.6. The highest BCUT2D eigenvalue weighted by molar-refractivity contribution is 5.88. The fourth-order valence-corrected chi connectivity index (χ4v) is 4.14. The number of urea groups is 1. The van der Waals surface area contributed by atoms with Gasteiger partial charge in [0.05, 0.1) is 6.04 Å². The molecule has 28 heavy (non-hydrogen) atoms. The maximum Gasteiger partial charge on any atom is 0.407 e. The molecule has 1 aromatic rings. The zero-order valence-electron chi connectivity index (χ0n) is 15.5. The molecular weight excluding hydrogens is 364 g/mol. The minimum Gasteiger partial charge on any atom is -0.465 e. The second-order valence-electron chi connectivity index (χ2n) is 7.49. The number of carbonyl (C=O) groups excluding carboxylic acids is 2. The summed E-state index contributed by atoms with van der Waals surface area (Å²) >= 11 is 0. The van der Waals surface area contributed by atoms with Crippen LogP contribution in [0.3, 0.4) is 0 Å². The van der Waals surface area contributed by atoms with Gasteiger partial charge in [-0.2, -0.15) is 5.06 Å². The van der Waals surface area contributed by atoms with Crippen LogP contribution in [0.2, 0.25) is 0 Å². The second kappa shape index (κ2) is 7.67. The van der Waals surface area contributed by atoms with Crippen LogP contribution in [0.15, 0.2) is 30.3 Å². The highest BCUT2D eigenvalue weighted by Gasteiger charge is 2.48. The van der Waals surface area contributed by atoms with Crippen LogP contribution in [0, 0.1) is 0 Å². The van der Waals surface area contributed by atoms with Crippen LogP contribution in [0.1, 0.15) is 24.8 Å². The summed E-state index contributed by atoms with van der Waals surface area (Å²) in [7, 11) is 0. The van der Waals surface area contributed by atoms with Crippen molar-refractivity contribution in [3.63, 3.8) is 0 Å². The summed E-state index contributed by atoms with van der Waals surface area (Å²) in [6, 6.07) is 8.56. The number of carboxylic acid groups (broad SMARTS) is 1. The molecule has 3 heterocycles. The number of rotatable bonds is 5. The number of hydrogen-bond donors (Lipinski definition) is 2. The van der Waals surface area contributed by atoms with Gasteiger partial charge >= 0.3 is 12.1 Å². The second-order valence-corrected chi connectivity index (χ2v) is 7.49. The van der Waals surface area contributed by atoms with Crippen LogP contribution in [-0.4, -0.2) is 75.8 Å². The van der Waals surface area contributed by atoms with Gasteiger partial charge in [-0.15, -0.1) is 0 Å². The van der Waals surface area contributed by atoms with Crippen molar-refractivity contribution in [2.45, 2.75) is 44.0 Å². The van der Waals surface area contributed by atoms with E-state index in [2.05, 4.69) is 5.32 Å². The molecule has 3 saturated heterocycles. The van der Waals surface area contributed by atoms with Crippen LogP contribution in [0.25, 0.3) is 0 Å². The molecule has 150 valence electrons. The Kier molecular flexibility index (Phi) is 5.08. The number of piperidine rings is 1. The summed E-state index contributed by atoms with van der Waals surface area (Å²) in [5.41, 5.74) is 0.977. The molecule has 0 aromatic heterocycles. The van der Waals surface area contributed by atoms with E-state index in [1.54, 1.807) is 4.90 Å². The van der Waals surface area contributed by atoms with Gasteiger partial charge in [-0.1, -0.05) is 30.3 Å². The fourth-order valence-electron chi connectivity index (χ4n) is 4.14. The molecule has 9 heteroatoms. The van der Waals surface area contributed by atoms with E-state index in [0.29, 0.717) is 39.0 Å². The lowest BCUT2D eigenvalue weighted by Crippen LogP contribution is -2.52. The first-order chi connectivity index (χ1) is 13.5. The molecule has 3 atom stereocenters. The van der Waals surface area contributed by atoms with Crippen molar-refractivity contribution in [3.8, 4) is 0 Å². The number of hydroxylamine groups is 2. The molecule has 0 radical (unpaired) electrons. The number of fused-ring (bicyclic) bond motifs is 2. The predicted octanol–water partition coefficient (Wildman–Crippen LogP) is 1.26. The lowest BCUT2D eigenvalue weighted by Gasteiger charge is -2.30. The third-order valence-corrected chi connectivity index (χ3v) is 5.64. The Balaban J connectivity index is 1.34. The van der Waals surface area contributed by atoms with E-state index in [9.17, 15) is 14.4 Å². The van der Waals surface area contributed by atoms with Crippen LogP contribution in [0.4, 0.5) is 9.59 Å². The molecule has 9 nitrogen and oxygen atoms in total. The van der Waals surface area contributed by atoms with Gasteiger partial charge in [0.1, 0.15) is 12.6 Å². The molecule has 3 aliphatic heterocycles. The van der Waals surface area contributed by atoms with Gasteiger partial charge in [-0.25, -0.2) is 9.59 Å². The summed E-state index contributed by atoms with van der Waals surface area (Å²) in [6.07, 6.45) is 0.885. The van der Waals surface area contributed by atoms with Crippen molar-refractivity contribution in [3.05, 3.63) is 35.9 Å². The first-order valence-corrected chi connectivity index (χ1v) is 9.58. The molecule has 3 aliphatic rings. The maximum absolute atomic E-state index is 12.8.